The fraction of sp³-hybridized carbons (Fsp3) is 0.435. The number of amides is 1. The molecule has 5 heteroatoms. The summed E-state index contributed by atoms with van der Waals surface area (Å²) in [5.74, 6) is 1.06. The van der Waals surface area contributed by atoms with Crippen LogP contribution in [0.5, 0.6) is 5.75 Å². The van der Waals surface area contributed by atoms with Crippen LogP contribution in [0.3, 0.4) is 0 Å². The van der Waals surface area contributed by atoms with Crippen LogP contribution >= 0.6 is 0 Å². The Bertz CT molecular complexity index is 728. The minimum Gasteiger partial charge on any atom is -0.492 e. The van der Waals surface area contributed by atoms with Crippen LogP contribution in [-0.4, -0.2) is 56.7 Å². The average molecular weight is 382 g/mol. The Hall–Kier alpha value is -2.53. The Morgan fingerprint density at radius 2 is 1.71 bits per heavy atom. The summed E-state index contributed by atoms with van der Waals surface area (Å²) in [4.78, 5) is 16.8. The summed E-state index contributed by atoms with van der Waals surface area (Å²) in [6.45, 7) is 7.48. The lowest BCUT2D eigenvalue weighted by Crippen LogP contribution is -2.49. The number of ether oxygens (including phenoxy) is 1. The van der Waals surface area contributed by atoms with Crippen LogP contribution in [-0.2, 0) is 11.2 Å². The van der Waals surface area contributed by atoms with Gasteiger partial charge in [0.05, 0.1) is 18.8 Å². The monoisotopic (exact) mass is 381 g/mol. The van der Waals surface area contributed by atoms with Crippen molar-refractivity contribution >= 4 is 11.6 Å². The van der Waals surface area contributed by atoms with Crippen molar-refractivity contribution in [2.45, 2.75) is 19.8 Å². The predicted octanol–water partition coefficient (Wildman–Crippen LogP) is 2.96. The molecule has 2 aromatic rings. The van der Waals surface area contributed by atoms with Crippen molar-refractivity contribution in [1.82, 2.24) is 10.2 Å². The van der Waals surface area contributed by atoms with Gasteiger partial charge in [-0.05, 0) is 37.5 Å². The van der Waals surface area contributed by atoms with Gasteiger partial charge in [-0.2, -0.15) is 0 Å². The van der Waals surface area contributed by atoms with E-state index >= 15 is 0 Å². The van der Waals surface area contributed by atoms with E-state index in [4.69, 9.17) is 4.74 Å². The zero-order valence-electron chi connectivity index (χ0n) is 16.8. The van der Waals surface area contributed by atoms with Crippen LogP contribution < -0.4 is 15.0 Å². The van der Waals surface area contributed by atoms with Crippen molar-refractivity contribution in [3.8, 4) is 5.75 Å². The smallest absolute Gasteiger partial charge is 0.234 e. The van der Waals surface area contributed by atoms with E-state index in [0.717, 1.165) is 57.0 Å². The Kier molecular flexibility index (Phi) is 7.73. The number of rotatable bonds is 9. The highest BCUT2D eigenvalue weighted by molar-refractivity contribution is 5.78. The Morgan fingerprint density at radius 1 is 1.00 bits per heavy atom. The van der Waals surface area contributed by atoms with Crippen molar-refractivity contribution in [3.63, 3.8) is 0 Å². The maximum Gasteiger partial charge on any atom is 0.234 e. The number of carbonyl (C=O) groups is 1. The Balaban J connectivity index is 1.36. The van der Waals surface area contributed by atoms with Gasteiger partial charge in [-0.1, -0.05) is 42.5 Å². The first kappa shape index (κ1) is 20.2. The minimum atomic E-state index is 0.122. The van der Waals surface area contributed by atoms with Crippen molar-refractivity contribution < 1.29 is 9.53 Å². The molecule has 1 fully saturated rings. The van der Waals surface area contributed by atoms with E-state index < -0.39 is 0 Å². The maximum absolute atomic E-state index is 12.2. The standard InChI is InChI=1S/C23H31N3O2/c1-2-28-22-13-7-6-12-21(22)26-17-15-25(16-18-26)19-23(27)24-14-8-11-20-9-4-3-5-10-20/h3-7,9-10,12-13H,2,8,11,14-19H2,1H3,(H,24,27). The number of para-hydroxylation sites is 2. The third kappa shape index (κ3) is 5.99. The molecule has 0 atom stereocenters. The van der Waals surface area contributed by atoms with Crippen LogP contribution in [0.15, 0.2) is 54.6 Å². The second-order valence-electron chi connectivity index (χ2n) is 7.10. The molecular weight excluding hydrogens is 350 g/mol. The van der Waals surface area contributed by atoms with Crippen molar-refractivity contribution in [2.75, 3.05) is 50.8 Å². The second-order valence-corrected chi connectivity index (χ2v) is 7.10. The van der Waals surface area contributed by atoms with E-state index in [1.165, 1.54) is 5.56 Å². The number of hydrogen-bond acceptors (Lipinski definition) is 4. The minimum absolute atomic E-state index is 0.122. The summed E-state index contributed by atoms with van der Waals surface area (Å²) in [6.07, 6.45) is 1.97. The van der Waals surface area contributed by atoms with Crippen LogP contribution in [0.2, 0.25) is 0 Å². The molecule has 0 aromatic heterocycles. The van der Waals surface area contributed by atoms with Crippen molar-refractivity contribution in [2.24, 2.45) is 0 Å². The molecule has 1 aliphatic rings. The van der Waals surface area contributed by atoms with Crippen molar-refractivity contribution in [3.05, 3.63) is 60.2 Å². The van der Waals surface area contributed by atoms with Gasteiger partial charge in [0.25, 0.3) is 0 Å². The molecule has 2 aromatic carbocycles. The number of benzene rings is 2. The number of nitrogens with one attached hydrogen (secondary N) is 1. The highest BCUT2D eigenvalue weighted by Gasteiger charge is 2.21. The highest BCUT2D eigenvalue weighted by atomic mass is 16.5. The average Bonchev–Trinajstić information content (AvgIpc) is 2.73. The van der Waals surface area contributed by atoms with E-state index in [2.05, 4.69) is 45.4 Å². The Morgan fingerprint density at radius 3 is 2.46 bits per heavy atom. The first-order chi connectivity index (χ1) is 13.8. The summed E-state index contributed by atoms with van der Waals surface area (Å²) < 4.78 is 5.75. The predicted molar refractivity (Wildman–Crippen MR) is 114 cm³/mol. The van der Waals surface area contributed by atoms with Crippen LogP contribution in [0.25, 0.3) is 0 Å². The van der Waals surface area contributed by atoms with Crippen LogP contribution in [0.4, 0.5) is 5.69 Å². The van der Waals surface area contributed by atoms with Crippen LogP contribution in [0, 0.1) is 0 Å². The third-order valence-electron chi connectivity index (χ3n) is 5.05. The molecular formula is C23H31N3O2. The van der Waals surface area contributed by atoms with Gasteiger partial charge >= 0.3 is 0 Å². The van der Waals surface area contributed by atoms with E-state index in [0.29, 0.717) is 13.2 Å². The third-order valence-corrected chi connectivity index (χ3v) is 5.05. The Labute approximate surface area is 168 Å². The van der Waals surface area contributed by atoms with Gasteiger partial charge in [-0.3, -0.25) is 9.69 Å². The van der Waals surface area contributed by atoms with Gasteiger partial charge < -0.3 is 15.0 Å². The summed E-state index contributed by atoms with van der Waals surface area (Å²) in [6, 6.07) is 18.6. The molecule has 0 radical (unpaired) electrons. The number of nitrogens with zero attached hydrogens (tertiary/aromatic N) is 2. The lowest BCUT2D eigenvalue weighted by atomic mass is 10.1. The first-order valence-corrected chi connectivity index (χ1v) is 10.3. The topological polar surface area (TPSA) is 44.8 Å². The molecule has 0 saturated carbocycles. The van der Waals surface area contributed by atoms with Gasteiger partial charge in [0, 0.05) is 32.7 Å². The zero-order valence-corrected chi connectivity index (χ0v) is 16.8. The largest absolute Gasteiger partial charge is 0.492 e. The van der Waals surface area contributed by atoms with E-state index in [-0.39, 0.29) is 5.91 Å². The quantitative estimate of drug-likeness (QED) is 0.679. The molecule has 1 amide bonds. The highest BCUT2D eigenvalue weighted by Crippen LogP contribution is 2.28. The normalized spacial score (nSPS) is 14.7. The summed E-state index contributed by atoms with van der Waals surface area (Å²) in [5, 5.41) is 3.05. The maximum atomic E-state index is 12.2. The molecule has 0 aliphatic carbocycles. The molecule has 1 saturated heterocycles. The SMILES string of the molecule is CCOc1ccccc1N1CCN(CC(=O)NCCCc2ccccc2)CC1. The fourth-order valence-electron chi connectivity index (χ4n) is 3.57. The second kappa shape index (κ2) is 10.7. The molecule has 5 nitrogen and oxygen atoms in total. The number of anilines is 1. The number of hydrogen-bond donors (Lipinski definition) is 1. The van der Waals surface area contributed by atoms with Gasteiger partial charge in [-0.15, -0.1) is 0 Å². The van der Waals surface area contributed by atoms with E-state index in [9.17, 15) is 4.79 Å². The summed E-state index contributed by atoms with van der Waals surface area (Å²) in [7, 11) is 0. The van der Waals surface area contributed by atoms with Gasteiger partial charge in [0.15, 0.2) is 0 Å². The number of carbonyl (C=O) groups excluding carboxylic acids is 1. The number of aryl methyl sites for hydroxylation is 1. The van der Waals surface area contributed by atoms with Crippen LogP contribution in [0.1, 0.15) is 18.9 Å². The lowest BCUT2D eigenvalue weighted by Gasteiger charge is -2.36. The lowest BCUT2D eigenvalue weighted by molar-refractivity contribution is -0.122. The molecule has 0 spiro atoms. The van der Waals surface area contributed by atoms with Gasteiger partial charge in [0.2, 0.25) is 5.91 Å². The first-order valence-electron chi connectivity index (χ1n) is 10.3. The molecule has 1 heterocycles. The summed E-state index contributed by atoms with van der Waals surface area (Å²) in [5.41, 5.74) is 2.47. The zero-order chi connectivity index (χ0) is 19.6. The molecule has 150 valence electrons. The molecule has 1 N–H and O–H groups in total. The molecule has 28 heavy (non-hydrogen) atoms. The summed E-state index contributed by atoms with van der Waals surface area (Å²) >= 11 is 0. The molecule has 1 aliphatic heterocycles. The molecule has 0 bridgehead atoms. The van der Waals surface area contributed by atoms with Crippen molar-refractivity contribution in [1.29, 1.82) is 0 Å². The van der Waals surface area contributed by atoms with Gasteiger partial charge in [0.1, 0.15) is 5.75 Å². The molecule has 0 unspecified atom stereocenters. The molecule has 3 rings (SSSR count). The van der Waals surface area contributed by atoms with E-state index in [1.54, 1.807) is 0 Å². The number of piperazine rings is 1. The fourth-order valence-corrected chi connectivity index (χ4v) is 3.57. The van der Waals surface area contributed by atoms with E-state index in [1.807, 2.05) is 31.2 Å². The van der Waals surface area contributed by atoms with Gasteiger partial charge in [-0.25, -0.2) is 0 Å².